The number of anilines is 1. The van der Waals surface area contributed by atoms with Gasteiger partial charge < -0.3 is 10.6 Å². The van der Waals surface area contributed by atoms with Crippen LogP contribution in [0.4, 0.5) is 5.69 Å². The van der Waals surface area contributed by atoms with E-state index in [1.165, 1.54) is 22.6 Å². The summed E-state index contributed by atoms with van der Waals surface area (Å²) in [5, 5.41) is 0. The van der Waals surface area contributed by atoms with Gasteiger partial charge in [-0.25, -0.2) is 0 Å². The van der Waals surface area contributed by atoms with Crippen molar-refractivity contribution in [1.29, 1.82) is 0 Å². The zero-order valence-corrected chi connectivity index (χ0v) is 11.8. The molecule has 0 unspecified atom stereocenters. The molecule has 0 atom stereocenters. The number of aryl methyl sites for hydroxylation is 1. The van der Waals surface area contributed by atoms with Gasteiger partial charge in [-0.05, 0) is 32.4 Å². The third-order valence-corrected chi connectivity index (χ3v) is 4.52. The summed E-state index contributed by atoms with van der Waals surface area (Å²) in [7, 11) is 0. The van der Waals surface area contributed by atoms with Crippen LogP contribution in [0.25, 0.3) is 0 Å². The van der Waals surface area contributed by atoms with Crippen LogP contribution >= 0.6 is 11.8 Å². The fraction of sp³-hybridized carbons (Fsp3) is 0.571. The summed E-state index contributed by atoms with van der Waals surface area (Å²) in [6.45, 7) is 9.62. The van der Waals surface area contributed by atoms with Crippen LogP contribution in [0, 0.1) is 6.92 Å². The lowest BCUT2D eigenvalue weighted by Crippen LogP contribution is -2.43. The Morgan fingerprint density at radius 2 is 2.18 bits per heavy atom. The summed E-state index contributed by atoms with van der Waals surface area (Å²) in [6.07, 6.45) is 0. The number of rotatable bonds is 2. The van der Waals surface area contributed by atoms with Crippen LogP contribution in [0.15, 0.2) is 18.2 Å². The minimum Gasteiger partial charge on any atom is -0.369 e. The average Bonchev–Trinajstić information content (AvgIpc) is 2.27. The SMILES string of the molecule is Cc1ccc(N2CCSC(C)(C)C2)c(CN)c1. The molecule has 0 aromatic heterocycles. The molecule has 0 amide bonds. The lowest BCUT2D eigenvalue weighted by atomic mass is 10.1. The maximum Gasteiger partial charge on any atom is 0.0412 e. The Morgan fingerprint density at radius 1 is 1.41 bits per heavy atom. The van der Waals surface area contributed by atoms with Crippen LogP contribution < -0.4 is 10.6 Å². The number of benzene rings is 1. The van der Waals surface area contributed by atoms with Gasteiger partial charge in [-0.1, -0.05) is 17.7 Å². The Labute approximate surface area is 109 Å². The van der Waals surface area contributed by atoms with Gasteiger partial charge in [0, 0.05) is 35.8 Å². The molecule has 1 aromatic rings. The summed E-state index contributed by atoms with van der Waals surface area (Å²) in [6, 6.07) is 6.62. The average molecular weight is 250 g/mol. The van der Waals surface area contributed by atoms with E-state index in [9.17, 15) is 0 Å². The molecule has 2 nitrogen and oxygen atoms in total. The molecule has 0 aliphatic carbocycles. The second-order valence-corrected chi connectivity index (χ2v) is 7.17. The van der Waals surface area contributed by atoms with Crippen molar-refractivity contribution in [2.24, 2.45) is 5.73 Å². The molecular formula is C14H22N2S. The summed E-state index contributed by atoms with van der Waals surface area (Å²) >= 11 is 2.06. The molecule has 0 saturated carbocycles. The van der Waals surface area contributed by atoms with Crippen LogP contribution in [0.3, 0.4) is 0 Å². The van der Waals surface area contributed by atoms with Gasteiger partial charge >= 0.3 is 0 Å². The van der Waals surface area contributed by atoms with Crippen LogP contribution in [0.5, 0.6) is 0 Å². The Balaban J connectivity index is 2.27. The van der Waals surface area contributed by atoms with E-state index in [0.717, 1.165) is 13.1 Å². The molecule has 1 aliphatic rings. The number of nitrogens with zero attached hydrogens (tertiary/aromatic N) is 1. The van der Waals surface area contributed by atoms with E-state index < -0.39 is 0 Å². The van der Waals surface area contributed by atoms with E-state index in [-0.39, 0.29) is 0 Å². The Morgan fingerprint density at radius 3 is 2.82 bits per heavy atom. The lowest BCUT2D eigenvalue weighted by molar-refractivity contribution is 0.645. The van der Waals surface area contributed by atoms with Crippen molar-refractivity contribution < 1.29 is 0 Å². The fourth-order valence-corrected chi connectivity index (χ4v) is 3.52. The van der Waals surface area contributed by atoms with Crippen LogP contribution in [0.1, 0.15) is 25.0 Å². The lowest BCUT2D eigenvalue weighted by Gasteiger charge is -2.39. The molecule has 0 bridgehead atoms. The smallest absolute Gasteiger partial charge is 0.0412 e. The first-order chi connectivity index (χ1) is 8.02. The molecule has 1 saturated heterocycles. The maximum atomic E-state index is 5.86. The monoisotopic (exact) mass is 250 g/mol. The highest BCUT2D eigenvalue weighted by Gasteiger charge is 2.27. The first-order valence-corrected chi connectivity index (χ1v) is 7.19. The normalized spacial score (nSPS) is 19.4. The fourth-order valence-electron chi connectivity index (χ4n) is 2.41. The molecule has 0 radical (unpaired) electrons. The van der Waals surface area contributed by atoms with Gasteiger partial charge in [-0.3, -0.25) is 0 Å². The van der Waals surface area contributed by atoms with Gasteiger partial charge in [0.15, 0.2) is 0 Å². The van der Waals surface area contributed by atoms with Gasteiger partial charge in [0.2, 0.25) is 0 Å². The van der Waals surface area contributed by atoms with Gasteiger partial charge in [0.1, 0.15) is 0 Å². The second kappa shape index (κ2) is 4.91. The Kier molecular flexibility index (Phi) is 3.69. The van der Waals surface area contributed by atoms with E-state index in [1.54, 1.807) is 0 Å². The third kappa shape index (κ3) is 2.96. The van der Waals surface area contributed by atoms with Crippen molar-refractivity contribution in [3.63, 3.8) is 0 Å². The highest BCUT2D eigenvalue weighted by molar-refractivity contribution is 8.00. The number of thioether (sulfide) groups is 1. The zero-order chi connectivity index (χ0) is 12.5. The van der Waals surface area contributed by atoms with E-state index in [2.05, 4.69) is 55.6 Å². The highest BCUT2D eigenvalue weighted by Crippen LogP contribution is 2.33. The van der Waals surface area contributed by atoms with Crippen LogP contribution in [0.2, 0.25) is 0 Å². The molecule has 94 valence electrons. The largest absolute Gasteiger partial charge is 0.369 e. The molecule has 2 N–H and O–H groups in total. The van der Waals surface area contributed by atoms with E-state index >= 15 is 0 Å². The molecule has 2 rings (SSSR count). The van der Waals surface area contributed by atoms with Gasteiger partial charge in [-0.2, -0.15) is 11.8 Å². The molecule has 0 spiro atoms. The van der Waals surface area contributed by atoms with E-state index in [4.69, 9.17) is 5.73 Å². The molecule has 1 fully saturated rings. The van der Waals surface area contributed by atoms with Crippen molar-refractivity contribution in [2.75, 3.05) is 23.7 Å². The van der Waals surface area contributed by atoms with Crippen molar-refractivity contribution >= 4 is 17.4 Å². The maximum absolute atomic E-state index is 5.86. The number of hydrogen-bond donors (Lipinski definition) is 1. The van der Waals surface area contributed by atoms with Crippen molar-refractivity contribution in [1.82, 2.24) is 0 Å². The molecule has 1 aromatic carbocycles. The Hall–Kier alpha value is -0.670. The number of nitrogens with two attached hydrogens (primary N) is 1. The first-order valence-electron chi connectivity index (χ1n) is 6.20. The van der Waals surface area contributed by atoms with Crippen molar-refractivity contribution in [3.05, 3.63) is 29.3 Å². The molecular weight excluding hydrogens is 228 g/mol. The molecule has 3 heteroatoms. The van der Waals surface area contributed by atoms with E-state index in [0.29, 0.717) is 11.3 Å². The zero-order valence-electron chi connectivity index (χ0n) is 11.0. The predicted molar refractivity (Wildman–Crippen MR) is 77.8 cm³/mol. The minimum atomic E-state index is 0.342. The van der Waals surface area contributed by atoms with Gasteiger partial charge in [0.05, 0.1) is 0 Å². The first kappa shape index (κ1) is 12.8. The van der Waals surface area contributed by atoms with Crippen LogP contribution in [-0.4, -0.2) is 23.6 Å². The summed E-state index contributed by atoms with van der Waals surface area (Å²) < 4.78 is 0.342. The highest BCUT2D eigenvalue weighted by atomic mass is 32.2. The topological polar surface area (TPSA) is 29.3 Å². The minimum absolute atomic E-state index is 0.342. The summed E-state index contributed by atoms with van der Waals surface area (Å²) in [5.41, 5.74) is 9.75. The second-order valence-electron chi connectivity index (χ2n) is 5.37. The standard InChI is InChI=1S/C14H22N2S/c1-11-4-5-13(12(8-11)9-15)16-6-7-17-14(2,3)10-16/h4-5,8H,6-7,9-10,15H2,1-3H3. The summed E-state index contributed by atoms with van der Waals surface area (Å²) in [4.78, 5) is 2.48. The van der Waals surface area contributed by atoms with Gasteiger partial charge in [0.25, 0.3) is 0 Å². The van der Waals surface area contributed by atoms with Crippen LogP contribution in [-0.2, 0) is 6.54 Å². The predicted octanol–water partition coefficient (Wildman–Crippen LogP) is 2.79. The molecule has 17 heavy (non-hydrogen) atoms. The number of hydrogen-bond acceptors (Lipinski definition) is 3. The van der Waals surface area contributed by atoms with Crippen molar-refractivity contribution in [3.8, 4) is 0 Å². The van der Waals surface area contributed by atoms with Gasteiger partial charge in [-0.15, -0.1) is 0 Å². The molecule has 1 aliphatic heterocycles. The Bertz CT molecular complexity index is 401. The van der Waals surface area contributed by atoms with E-state index in [1.807, 2.05) is 0 Å². The molecule has 1 heterocycles. The summed E-state index contributed by atoms with van der Waals surface area (Å²) in [5.74, 6) is 1.20. The quantitative estimate of drug-likeness (QED) is 0.875. The van der Waals surface area contributed by atoms with Crippen molar-refractivity contribution in [2.45, 2.75) is 32.1 Å². The third-order valence-electron chi connectivity index (χ3n) is 3.22.